The van der Waals surface area contributed by atoms with E-state index in [4.69, 9.17) is 5.73 Å². The number of amides is 1. The van der Waals surface area contributed by atoms with Gasteiger partial charge < -0.3 is 15.5 Å². The number of anilines is 1. The third kappa shape index (κ3) is 3.09. The minimum Gasteiger partial charge on any atom is -0.353 e. The molecule has 1 aromatic heterocycles. The predicted molar refractivity (Wildman–Crippen MR) is 86.4 cm³/mol. The van der Waals surface area contributed by atoms with Crippen LogP contribution in [0.2, 0.25) is 0 Å². The molecule has 5 nitrogen and oxygen atoms in total. The molecule has 2 aromatic rings. The van der Waals surface area contributed by atoms with Crippen LogP contribution in [0.15, 0.2) is 54.7 Å². The van der Waals surface area contributed by atoms with Crippen molar-refractivity contribution in [3.05, 3.63) is 60.3 Å². The highest BCUT2D eigenvalue weighted by molar-refractivity contribution is 5.83. The van der Waals surface area contributed by atoms with Crippen LogP contribution in [0, 0.1) is 0 Å². The first kappa shape index (κ1) is 14.5. The third-order valence-corrected chi connectivity index (χ3v) is 3.99. The molecular formula is C17H20N4O. The second kappa shape index (κ2) is 6.58. The van der Waals surface area contributed by atoms with Gasteiger partial charge in [0.1, 0.15) is 11.9 Å². The van der Waals surface area contributed by atoms with E-state index in [0.717, 1.165) is 24.5 Å². The van der Waals surface area contributed by atoms with E-state index in [9.17, 15) is 4.79 Å². The van der Waals surface area contributed by atoms with Crippen molar-refractivity contribution < 1.29 is 4.79 Å². The van der Waals surface area contributed by atoms with Crippen LogP contribution in [0.1, 0.15) is 11.6 Å². The molecule has 2 heterocycles. The summed E-state index contributed by atoms with van der Waals surface area (Å²) < 4.78 is 0. The summed E-state index contributed by atoms with van der Waals surface area (Å²) in [6.45, 7) is 2.92. The number of benzene rings is 1. The molecule has 5 heteroatoms. The Labute approximate surface area is 130 Å². The van der Waals surface area contributed by atoms with Crippen LogP contribution >= 0.6 is 0 Å². The Morgan fingerprint density at radius 2 is 1.68 bits per heavy atom. The Morgan fingerprint density at radius 1 is 1.00 bits per heavy atom. The van der Waals surface area contributed by atoms with Gasteiger partial charge in [0.05, 0.1) is 0 Å². The largest absolute Gasteiger partial charge is 0.353 e. The first-order valence-corrected chi connectivity index (χ1v) is 7.51. The zero-order valence-electron chi connectivity index (χ0n) is 12.4. The highest BCUT2D eigenvalue weighted by atomic mass is 16.2. The molecule has 0 spiro atoms. The molecule has 1 aliphatic heterocycles. The quantitative estimate of drug-likeness (QED) is 0.931. The van der Waals surface area contributed by atoms with Crippen molar-refractivity contribution >= 4 is 11.7 Å². The molecule has 1 atom stereocenters. The van der Waals surface area contributed by atoms with Crippen molar-refractivity contribution in [3.63, 3.8) is 0 Å². The molecule has 0 bridgehead atoms. The highest BCUT2D eigenvalue weighted by Crippen LogP contribution is 2.17. The second-order valence-corrected chi connectivity index (χ2v) is 5.39. The molecule has 114 valence electrons. The Hall–Kier alpha value is -2.40. The lowest BCUT2D eigenvalue weighted by molar-refractivity contribution is -0.133. The zero-order valence-corrected chi connectivity index (χ0v) is 12.4. The summed E-state index contributed by atoms with van der Waals surface area (Å²) in [5.41, 5.74) is 6.96. The summed E-state index contributed by atoms with van der Waals surface area (Å²) in [5.74, 6) is 0.953. The summed E-state index contributed by atoms with van der Waals surface area (Å²) in [5, 5.41) is 0. The van der Waals surface area contributed by atoms with Gasteiger partial charge in [-0.05, 0) is 17.7 Å². The normalized spacial score (nSPS) is 16.4. The van der Waals surface area contributed by atoms with Crippen LogP contribution in [0.5, 0.6) is 0 Å². The Morgan fingerprint density at radius 3 is 2.32 bits per heavy atom. The molecule has 0 radical (unpaired) electrons. The Bertz CT molecular complexity index is 609. The number of pyridine rings is 1. The average molecular weight is 296 g/mol. The van der Waals surface area contributed by atoms with Crippen LogP contribution in [-0.2, 0) is 4.79 Å². The van der Waals surface area contributed by atoms with Crippen molar-refractivity contribution in [2.45, 2.75) is 6.04 Å². The fraction of sp³-hybridized carbons (Fsp3) is 0.294. The molecule has 2 N–H and O–H groups in total. The van der Waals surface area contributed by atoms with Gasteiger partial charge in [0.15, 0.2) is 0 Å². The number of hydrogen-bond donors (Lipinski definition) is 1. The van der Waals surface area contributed by atoms with E-state index < -0.39 is 6.04 Å². The van der Waals surface area contributed by atoms with E-state index in [1.165, 1.54) is 0 Å². The number of nitrogens with two attached hydrogens (primary N) is 1. The van der Waals surface area contributed by atoms with Crippen molar-refractivity contribution in [2.75, 3.05) is 31.1 Å². The third-order valence-electron chi connectivity index (χ3n) is 3.99. The van der Waals surface area contributed by atoms with E-state index >= 15 is 0 Å². The van der Waals surface area contributed by atoms with Gasteiger partial charge in [-0.1, -0.05) is 36.4 Å². The molecule has 1 unspecified atom stereocenters. The number of hydrogen-bond acceptors (Lipinski definition) is 4. The average Bonchev–Trinajstić information content (AvgIpc) is 2.62. The number of rotatable bonds is 3. The lowest BCUT2D eigenvalue weighted by atomic mass is 10.1. The van der Waals surface area contributed by atoms with Crippen LogP contribution in [0.25, 0.3) is 0 Å². The number of aromatic nitrogens is 1. The zero-order chi connectivity index (χ0) is 15.4. The molecule has 1 aromatic carbocycles. The molecule has 1 amide bonds. The molecule has 0 aliphatic carbocycles. The first-order chi connectivity index (χ1) is 10.8. The lowest BCUT2D eigenvalue weighted by Gasteiger charge is -2.36. The molecule has 1 fully saturated rings. The predicted octanol–water partition coefficient (Wildman–Crippen LogP) is 1.43. The highest BCUT2D eigenvalue weighted by Gasteiger charge is 2.26. The number of carbonyl (C=O) groups is 1. The van der Waals surface area contributed by atoms with E-state index in [2.05, 4.69) is 9.88 Å². The van der Waals surface area contributed by atoms with Gasteiger partial charge in [-0.15, -0.1) is 0 Å². The monoisotopic (exact) mass is 296 g/mol. The minimum absolute atomic E-state index is 0.00753. The number of piperazine rings is 1. The van der Waals surface area contributed by atoms with Crippen molar-refractivity contribution in [3.8, 4) is 0 Å². The van der Waals surface area contributed by atoms with Gasteiger partial charge in [-0.3, -0.25) is 4.79 Å². The van der Waals surface area contributed by atoms with Crippen molar-refractivity contribution in [1.29, 1.82) is 0 Å². The Balaban J connectivity index is 1.60. The summed E-state index contributed by atoms with van der Waals surface area (Å²) >= 11 is 0. The maximum Gasteiger partial charge on any atom is 0.244 e. The fourth-order valence-corrected chi connectivity index (χ4v) is 2.70. The number of nitrogens with zero attached hydrogens (tertiary/aromatic N) is 3. The molecule has 1 saturated heterocycles. The molecule has 0 saturated carbocycles. The SMILES string of the molecule is NC(C(=O)N1CCN(c2ccccn2)CC1)c1ccccc1. The fourth-order valence-electron chi connectivity index (χ4n) is 2.70. The van der Waals surface area contributed by atoms with Gasteiger partial charge in [-0.2, -0.15) is 0 Å². The lowest BCUT2D eigenvalue weighted by Crippen LogP contribution is -2.51. The second-order valence-electron chi connectivity index (χ2n) is 5.39. The Kier molecular flexibility index (Phi) is 4.34. The van der Waals surface area contributed by atoms with Gasteiger partial charge in [0.2, 0.25) is 5.91 Å². The smallest absolute Gasteiger partial charge is 0.244 e. The summed E-state index contributed by atoms with van der Waals surface area (Å²) in [6.07, 6.45) is 1.79. The van der Waals surface area contributed by atoms with E-state index in [0.29, 0.717) is 13.1 Å². The van der Waals surface area contributed by atoms with E-state index in [1.807, 2.05) is 53.4 Å². The number of carbonyl (C=O) groups excluding carboxylic acids is 1. The summed E-state index contributed by atoms with van der Waals surface area (Å²) in [6, 6.07) is 14.8. The van der Waals surface area contributed by atoms with Crippen LogP contribution in [0.4, 0.5) is 5.82 Å². The van der Waals surface area contributed by atoms with Gasteiger partial charge in [-0.25, -0.2) is 4.98 Å². The minimum atomic E-state index is -0.581. The maximum atomic E-state index is 12.5. The summed E-state index contributed by atoms with van der Waals surface area (Å²) in [4.78, 5) is 20.9. The first-order valence-electron chi connectivity index (χ1n) is 7.51. The van der Waals surface area contributed by atoms with Gasteiger partial charge in [0.25, 0.3) is 0 Å². The molecular weight excluding hydrogens is 276 g/mol. The van der Waals surface area contributed by atoms with Crippen molar-refractivity contribution in [2.24, 2.45) is 5.73 Å². The molecule has 22 heavy (non-hydrogen) atoms. The molecule has 3 rings (SSSR count). The van der Waals surface area contributed by atoms with Gasteiger partial charge >= 0.3 is 0 Å². The molecule has 1 aliphatic rings. The topological polar surface area (TPSA) is 62.5 Å². The van der Waals surface area contributed by atoms with E-state index in [-0.39, 0.29) is 5.91 Å². The van der Waals surface area contributed by atoms with E-state index in [1.54, 1.807) is 6.20 Å². The van der Waals surface area contributed by atoms with Gasteiger partial charge in [0, 0.05) is 32.4 Å². The standard InChI is InChI=1S/C17H20N4O/c18-16(14-6-2-1-3-7-14)17(22)21-12-10-20(11-13-21)15-8-4-5-9-19-15/h1-9,16H,10-13,18H2. The summed E-state index contributed by atoms with van der Waals surface area (Å²) in [7, 11) is 0. The van der Waals surface area contributed by atoms with Crippen molar-refractivity contribution in [1.82, 2.24) is 9.88 Å². The van der Waals surface area contributed by atoms with Crippen LogP contribution in [-0.4, -0.2) is 42.0 Å². The van der Waals surface area contributed by atoms with Crippen LogP contribution in [0.3, 0.4) is 0 Å². The van der Waals surface area contributed by atoms with Crippen LogP contribution < -0.4 is 10.6 Å². The maximum absolute atomic E-state index is 12.5.